The number of rotatable bonds is 2. The van der Waals surface area contributed by atoms with Gasteiger partial charge in [0, 0.05) is 29.7 Å². The van der Waals surface area contributed by atoms with E-state index in [1.54, 1.807) is 30.7 Å². The maximum atomic E-state index is 13.7. The number of furan rings is 1. The van der Waals surface area contributed by atoms with Gasteiger partial charge in [-0.2, -0.15) is 0 Å². The first-order valence-corrected chi connectivity index (χ1v) is 7.73. The van der Waals surface area contributed by atoms with Crippen molar-refractivity contribution < 1.29 is 8.81 Å². The molecule has 6 heteroatoms. The Balaban J connectivity index is 2.03. The van der Waals surface area contributed by atoms with E-state index < -0.39 is 5.82 Å². The van der Waals surface area contributed by atoms with Crippen molar-refractivity contribution in [3.8, 4) is 34.7 Å². The van der Waals surface area contributed by atoms with Crippen LogP contribution < -0.4 is 11.5 Å². The van der Waals surface area contributed by atoms with Gasteiger partial charge in [-0.3, -0.25) is 9.97 Å². The number of nitrogens with two attached hydrogens (primary N) is 2. The first-order chi connectivity index (χ1) is 12.6. The Labute approximate surface area is 148 Å². The smallest absolute Gasteiger partial charge is 0.215 e. The van der Waals surface area contributed by atoms with Crippen molar-refractivity contribution in [2.24, 2.45) is 0 Å². The highest BCUT2D eigenvalue weighted by Crippen LogP contribution is 2.41. The highest BCUT2D eigenvalue weighted by Gasteiger charge is 2.20. The van der Waals surface area contributed by atoms with Crippen LogP contribution in [0.2, 0.25) is 0 Å². The highest BCUT2D eigenvalue weighted by atomic mass is 19.1. The van der Waals surface area contributed by atoms with Gasteiger partial charge in [-0.05, 0) is 29.8 Å². The van der Waals surface area contributed by atoms with Crippen LogP contribution in [-0.2, 0) is 0 Å². The lowest BCUT2D eigenvalue weighted by Crippen LogP contribution is -1.93. The van der Waals surface area contributed by atoms with Gasteiger partial charge in [-0.15, -0.1) is 6.42 Å². The van der Waals surface area contributed by atoms with Gasteiger partial charge in [-0.25, -0.2) is 4.39 Å². The molecule has 0 bridgehead atoms. The number of pyridine rings is 2. The summed E-state index contributed by atoms with van der Waals surface area (Å²) in [6, 6.07) is 8.12. The molecule has 0 saturated carbocycles. The summed E-state index contributed by atoms with van der Waals surface area (Å²) in [6.07, 6.45) is 10.3. The van der Waals surface area contributed by atoms with Crippen molar-refractivity contribution >= 4 is 22.5 Å². The van der Waals surface area contributed by atoms with Crippen LogP contribution in [0.25, 0.3) is 33.4 Å². The molecule has 1 aromatic carbocycles. The number of halogens is 1. The molecule has 0 aliphatic carbocycles. The van der Waals surface area contributed by atoms with E-state index >= 15 is 0 Å². The second-order valence-corrected chi connectivity index (χ2v) is 5.68. The quantitative estimate of drug-likeness (QED) is 0.539. The normalized spacial score (nSPS) is 10.8. The van der Waals surface area contributed by atoms with Crippen LogP contribution >= 0.6 is 0 Å². The summed E-state index contributed by atoms with van der Waals surface area (Å²) in [5.74, 6) is 1.97. The van der Waals surface area contributed by atoms with Crippen molar-refractivity contribution in [2.45, 2.75) is 0 Å². The molecule has 3 aromatic heterocycles. The number of hydrogen-bond acceptors (Lipinski definition) is 5. The topological polar surface area (TPSA) is 91.0 Å². The van der Waals surface area contributed by atoms with Gasteiger partial charge in [0.15, 0.2) is 5.58 Å². The average molecular weight is 344 g/mol. The van der Waals surface area contributed by atoms with Crippen LogP contribution in [0.4, 0.5) is 16.0 Å². The van der Waals surface area contributed by atoms with E-state index in [0.717, 1.165) is 5.56 Å². The van der Waals surface area contributed by atoms with E-state index in [-0.39, 0.29) is 11.4 Å². The molecule has 0 saturated heterocycles. The summed E-state index contributed by atoms with van der Waals surface area (Å²) in [5, 5.41) is 0.610. The minimum absolute atomic E-state index is 0.101. The Morgan fingerprint density at radius 1 is 1.08 bits per heavy atom. The molecule has 3 heterocycles. The molecule has 4 rings (SSSR count). The van der Waals surface area contributed by atoms with Gasteiger partial charge in [-0.1, -0.05) is 12.0 Å². The standard InChI is InChI=1S/C20H13FN4O/c1-2-11-9-13(3-4-15(11)21)14-10-25-18(12-5-7-24-8-6-12)19-16(14)17(22)20(23)26-19/h1,3-10H,22-23H2. The molecule has 0 radical (unpaired) electrons. The largest absolute Gasteiger partial charge is 0.436 e. The zero-order valence-electron chi connectivity index (χ0n) is 13.5. The van der Waals surface area contributed by atoms with E-state index in [1.165, 1.54) is 6.07 Å². The highest BCUT2D eigenvalue weighted by molar-refractivity contribution is 6.09. The van der Waals surface area contributed by atoms with Crippen LogP contribution in [0, 0.1) is 18.2 Å². The molecule has 0 amide bonds. The molecule has 0 aliphatic heterocycles. The first-order valence-electron chi connectivity index (χ1n) is 7.73. The lowest BCUT2D eigenvalue weighted by Gasteiger charge is -2.08. The number of hydrogen-bond donors (Lipinski definition) is 2. The molecule has 4 N–H and O–H groups in total. The number of benzene rings is 1. The van der Waals surface area contributed by atoms with Gasteiger partial charge in [0.1, 0.15) is 17.2 Å². The Hall–Kier alpha value is -3.85. The van der Waals surface area contributed by atoms with Gasteiger partial charge in [0.25, 0.3) is 0 Å². The second-order valence-electron chi connectivity index (χ2n) is 5.68. The van der Waals surface area contributed by atoms with E-state index in [2.05, 4.69) is 15.9 Å². The molecule has 0 unspecified atom stereocenters. The molecule has 0 spiro atoms. The molecular formula is C20H13FN4O. The number of anilines is 2. The van der Waals surface area contributed by atoms with Crippen LogP contribution in [-0.4, -0.2) is 9.97 Å². The number of nitrogens with zero attached hydrogens (tertiary/aromatic N) is 2. The fraction of sp³-hybridized carbons (Fsp3) is 0. The summed E-state index contributed by atoms with van der Waals surface area (Å²) >= 11 is 0. The maximum absolute atomic E-state index is 13.7. The van der Waals surface area contributed by atoms with E-state index in [1.807, 2.05) is 12.1 Å². The predicted octanol–water partition coefficient (Wildman–Crippen LogP) is 3.84. The zero-order chi connectivity index (χ0) is 18.3. The van der Waals surface area contributed by atoms with Crippen LogP contribution in [0.5, 0.6) is 0 Å². The number of aromatic nitrogens is 2. The fourth-order valence-corrected chi connectivity index (χ4v) is 2.89. The molecule has 0 aliphatic rings. The number of fused-ring (bicyclic) bond motifs is 1. The third-order valence-corrected chi connectivity index (χ3v) is 4.17. The predicted molar refractivity (Wildman–Crippen MR) is 99.4 cm³/mol. The minimum Gasteiger partial charge on any atom is -0.436 e. The van der Waals surface area contributed by atoms with Crippen molar-refractivity contribution in [3.05, 3.63) is 60.3 Å². The zero-order valence-corrected chi connectivity index (χ0v) is 13.5. The summed E-state index contributed by atoms with van der Waals surface area (Å²) in [4.78, 5) is 8.51. The van der Waals surface area contributed by atoms with Gasteiger partial charge < -0.3 is 15.9 Å². The Morgan fingerprint density at radius 2 is 1.85 bits per heavy atom. The van der Waals surface area contributed by atoms with Crippen molar-refractivity contribution in [1.29, 1.82) is 0 Å². The maximum Gasteiger partial charge on any atom is 0.215 e. The van der Waals surface area contributed by atoms with E-state index in [9.17, 15) is 4.39 Å². The summed E-state index contributed by atoms with van der Waals surface area (Å²) in [7, 11) is 0. The molecular weight excluding hydrogens is 331 g/mol. The Bertz CT molecular complexity index is 1180. The molecule has 126 valence electrons. The Morgan fingerprint density at radius 3 is 2.58 bits per heavy atom. The molecule has 26 heavy (non-hydrogen) atoms. The summed E-state index contributed by atoms with van der Waals surface area (Å²) in [6.45, 7) is 0. The van der Waals surface area contributed by atoms with Crippen molar-refractivity contribution in [3.63, 3.8) is 0 Å². The third-order valence-electron chi connectivity index (χ3n) is 4.17. The van der Waals surface area contributed by atoms with Crippen molar-refractivity contribution in [2.75, 3.05) is 11.5 Å². The van der Waals surface area contributed by atoms with Crippen LogP contribution in [0.3, 0.4) is 0 Å². The molecule has 0 atom stereocenters. The van der Waals surface area contributed by atoms with Gasteiger partial charge in [0.2, 0.25) is 5.88 Å². The fourth-order valence-electron chi connectivity index (χ4n) is 2.89. The number of nitrogen functional groups attached to an aromatic ring is 2. The average Bonchev–Trinajstić information content (AvgIpc) is 2.97. The van der Waals surface area contributed by atoms with Gasteiger partial charge in [0.05, 0.1) is 10.9 Å². The first kappa shape index (κ1) is 15.7. The lowest BCUT2D eigenvalue weighted by molar-refractivity contribution is 0.624. The minimum atomic E-state index is -0.464. The van der Waals surface area contributed by atoms with Crippen LogP contribution in [0.15, 0.2) is 53.3 Å². The Kier molecular flexibility index (Phi) is 3.55. The van der Waals surface area contributed by atoms with E-state index in [4.69, 9.17) is 22.3 Å². The lowest BCUT2D eigenvalue weighted by atomic mass is 9.99. The molecule has 0 fully saturated rings. The second kappa shape index (κ2) is 5.90. The monoisotopic (exact) mass is 344 g/mol. The van der Waals surface area contributed by atoms with Gasteiger partial charge >= 0.3 is 0 Å². The number of terminal acetylenes is 1. The van der Waals surface area contributed by atoms with Crippen LogP contribution in [0.1, 0.15) is 5.56 Å². The summed E-state index contributed by atoms with van der Waals surface area (Å²) in [5.41, 5.74) is 15.7. The van der Waals surface area contributed by atoms with Crippen molar-refractivity contribution in [1.82, 2.24) is 9.97 Å². The SMILES string of the molecule is C#Cc1cc(-c2cnc(-c3ccncc3)c3oc(N)c(N)c23)ccc1F. The molecule has 5 nitrogen and oxygen atoms in total. The third kappa shape index (κ3) is 2.34. The molecule has 4 aromatic rings. The summed E-state index contributed by atoms with van der Waals surface area (Å²) < 4.78 is 19.4. The van der Waals surface area contributed by atoms with E-state index in [0.29, 0.717) is 33.5 Å².